The largest absolute Gasteiger partial charge is 0.320 e. The number of nitrogens with zero attached hydrogens (tertiary/aromatic N) is 2. The Labute approximate surface area is 197 Å². The number of hydrogen-bond donors (Lipinski definition) is 2. The van der Waals surface area contributed by atoms with Gasteiger partial charge in [-0.15, -0.1) is 0 Å². The number of carbonyl (C=O) groups is 1. The number of benzene rings is 3. The highest BCUT2D eigenvalue weighted by molar-refractivity contribution is 7.92. The molecule has 0 aliphatic heterocycles. The van der Waals surface area contributed by atoms with Crippen LogP contribution in [-0.4, -0.2) is 24.1 Å². The molecule has 4 aromatic rings. The molecule has 0 saturated carbocycles. The lowest BCUT2D eigenvalue weighted by Gasteiger charge is -2.14. The second-order valence-corrected chi connectivity index (χ2v) is 9.42. The Bertz CT molecular complexity index is 1420. The predicted octanol–water partition coefficient (Wildman–Crippen LogP) is 5.20. The van der Waals surface area contributed by atoms with Crippen molar-refractivity contribution in [2.45, 2.75) is 18.7 Å². The van der Waals surface area contributed by atoms with E-state index in [1.807, 2.05) is 13.8 Å². The van der Waals surface area contributed by atoms with E-state index >= 15 is 0 Å². The molecule has 33 heavy (non-hydrogen) atoms. The van der Waals surface area contributed by atoms with Crippen molar-refractivity contribution in [3.63, 3.8) is 0 Å². The van der Waals surface area contributed by atoms with Gasteiger partial charge in [-0.2, -0.15) is 5.10 Å². The molecule has 4 rings (SSSR count). The summed E-state index contributed by atoms with van der Waals surface area (Å²) < 4.78 is 29.6. The van der Waals surface area contributed by atoms with Crippen molar-refractivity contribution < 1.29 is 13.2 Å². The van der Waals surface area contributed by atoms with Crippen molar-refractivity contribution in [3.05, 3.63) is 101 Å². The lowest BCUT2D eigenvalue weighted by atomic mass is 10.2. The zero-order valence-corrected chi connectivity index (χ0v) is 19.5. The van der Waals surface area contributed by atoms with E-state index < -0.39 is 10.0 Å². The molecule has 0 aliphatic carbocycles. The van der Waals surface area contributed by atoms with Crippen molar-refractivity contribution in [3.8, 4) is 5.69 Å². The molecule has 9 heteroatoms. The zero-order chi connectivity index (χ0) is 23.6. The highest BCUT2D eigenvalue weighted by Gasteiger charge is 2.17. The van der Waals surface area contributed by atoms with Gasteiger partial charge >= 0.3 is 0 Å². The molecule has 0 unspecified atom stereocenters. The number of para-hydroxylation sites is 2. The van der Waals surface area contributed by atoms with Gasteiger partial charge < -0.3 is 5.32 Å². The minimum Gasteiger partial charge on any atom is -0.320 e. The molecule has 0 bridgehead atoms. The molecule has 1 heterocycles. The molecule has 7 nitrogen and oxygen atoms in total. The summed E-state index contributed by atoms with van der Waals surface area (Å²) in [7, 11) is -3.80. The average Bonchev–Trinajstić information content (AvgIpc) is 3.08. The molecule has 168 valence electrons. The fourth-order valence-corrected chi connectivity index (χ4v) is 4.53. The number of aromatic nitrogens is 2. The van der Waals surface area contributed by atoms with E-state index in [4.69, 9.17) is 11.6 Å². The number of halogens is 1. The first-order valence-corrected chi connectivity index (χ1v) is 11.9. The van der Waals surface area contributed by atoms with Gasteiger partial charge in [-0.05, 0) is 62.4 Å². The normalized spacial score (nSPS) is 11.2. The van der Waals surface area contributed by atoms with E-state index in [2.05, 4.69) is 15.1 Å². The van der Waals surface area contributed by atoms with Gasteiger partial charge in [0.1, 0.15) is 0 Å². The van der Waals surface area contributed by atoms with Crippen LogP contribution < -0.4 is 10.0 Å². The number of rotatable bonds is 6. The number of carbonyl (C=O) groups excluding carboxylic acids is 1. The van der Waals surface area contributed by atoms with E-state index in [0.29, 0.717) is 16.3 Å². The maximum Gasteiger partial charge on any atom is 0.261 e. The van der Waals surface area contributed by atoms with Crippen LogP contribution >= 0.6 is 11.6 Å². The molecule has 0 aliphatic rings. The number of nitrogens with one attached hydrogen (secondary N) is 2. The Morgan fingerprint density at radius 1 is 0.879 bits per heavy atom. The summed E-state index contributed by atoms with van der Waals surface area (Å²) in [6.07, 6.45) is 0. The van der Waals surface area contributed by atoms with Crippen LogP contribution in [0.3, 0.4) is 0 Å². The molecular weight excluding hydrogens is 460 g/mol. The summed E-state index contributed by atoms with van der Waals surface area (Å²) in [5.74, 6) is -0.376. The lowest BCUT2D eigenvalue weighted by Crippen LogP contribution is -2.17. The van der Waals surface area contributed by atoms with Crippen molar-refractivity contribution in [1.82, 2.24) is 9.78 Å². The van der Waals surface area contributed by atoms with Gasteiger partial charge in [0.25, 0.3) is 15.9 Å². The van der Waals surface area contributed by atoms with Crippen LogP contribution in [0.25, 0.3) is 5.69 Å². The first-order valence-electron chi connectivity index (χ1n) is 10.1. The van der Waals surface area contributed by atoms with Crippen LogP contribution in [0.5, 0.6) is 0 Å². The Morgan fingerprint density at radius 3 is 2.09 bits per heavy atom. The van der Waals surface area contributed by atoms with Crippen LogP contribution in [-0.2, 0) is 10.0 Å². The summed E-state index contributed by atoms with van der Waals surface area (Å²) in [4.78, 5) is 13.0. The number of hydrogen-bond acceptors (Lipinski definition) is 4. The number of sulfonamides is 1. The second-order valence-electron chi connectivity index (χ2n) is 7.36. The fraction of sp³-hybridized carbons (Fsp3) is 0.0833. The standard InChI is InChI=1S/C24H21ClN4O3S/c1-16-23(25)17(2)29(27-16)19-14-12-18(13-15-19)24(30)26-21-10-6-7-11-22(21)28-33(31,32)20-8-4-3-5-9-20/h3-15,28H,1-2H3,(H,26,30). The second kappa shape index (κ2) is 9.09. The van der Waals surface area contributed by atoms with Crippen molar-refractivity contribution in [2.24, 2.45) is 0 Å². The van der Waals surface area contributed by atoms with Crippen molar-refractivity contribution in [2.75, 3.05) is 10.0 Å². The SMILES string of the molecule is Cc1nn(-c2ccc(C(=O)Nc3ccccc3NS(=O)(=O)c3ccccc3)cc2)c(C)c1Cl. The molecule has 2 N–H and O–H groups in total. The molecule has 0 radical (unpaired) electrons. The lowest BCUT2D eigenvalue weighted by molar-refractivity contribution is 0.102. The Morgan fingerprint density at radius 2 is 1.48 bits per heavy atom. The number of anilines is 2. The van der Waals surface area contributed by atoms with Crippen LogP contribution in [0.4, 0.5) is 11.4 Å². The summed E-state index contributed by atoms with van der Waals surface area (Å²) in [5.41, 5.74) is 3.33. The van der Waals surface area contributed by atoms with Crippen LogP contribution in [0.2, 0.25) is 5.02 Å². The molecule has 0 spiro atoms. The van der Waals surface area contributed by atoms with E-state index in [9.17, 15) is 13.2 Å². The van der Waals surface area contributed by atoms with E-state index in [1.165, 1.54) is 12.1 Å². The van der Waals surface area contributed by atoms with Gasteiger partial charge in [0.15, 0.2) is 0 Å². The Balaban J connectivity index is 1.54. The third-order valence-electron chi connectivity index (χ3n) is 5.05. The first-order chi connectivity index (χ1) is 15.8. The smallest absolute Gasteiger partial charge is 0.261 e. The van der Waals surface area contributed by atoms with Gasteiger partial charge in [-0.3, -0.25) is 9.52 Å². The van der Waals surface area contributed by atoms with Crippen LogP contribution in [0.15, 0.2) is 83.8 Å². The summed E-state index contributed by atoms with van der Waals surface area (Å²) >= 11 is 6.22. The van der Waals surface area contributed by atoms with E-state index in [0.717, 1.165) is 17.1 Å². The molecule has 0 saturated heterocycles. The third-order valence-corrected chi connectivity index (χ3v) is 6.98. The Kier molecular flexibility index (Phi) is 6.22. The van der Waals surface area contributed by atoms with E-state index in [1.54, 1.807) is 71.4 Å². The molecule has 1 aromatic heterocycles. The first kappa shape index (κ1) is 22.6. The predicted molar refractivity (Wildman–Crippen MR) is 130 cm³/mol. The van der Waals surface area contributed by atoms with Gasteiger partial charge in [0, 0.05) is 5.56 Å². The summed E-state index contributed by atoms with van der Waals surface area (Å²) in [5, 5.41) is 7.79. The summed E-state index contributed by atoms with van der Waals surface area (Å²) in [6, 6.07) is 21.5. The minimum absolute atomic E-state index is 0.131. The van der Waals surface area contributed by atoms with Gasteiger partial charge in [0.2, 0.25) is 0 Å². The van der Waals surface area contributed by atoms with Crippen LogP contribution in [0, 0.1) is 13.8 Å². The van der Waals surface area contributed by atoms with E-state index in [-0.39, 0.29) is 16.5 Å². The zero-order valence-electron chi connectivity index (χ0n) is 17.9. The maximum atomic E-state index is 12.8. The van der Waals surface area contributed by atoms with Gasteiger partial charge in [-0.1, -0.05) is 41.9 Å². The molecule has 0 fully saturated rings. The number of amides is 1. The third kappa shape index (κ3) is 4.76. The van der Waals surface area contributed by atoms with Gasteiger partial charge in [-0.25, -0.2) is 13.1 Å². The van der Waals surface area contributed by atoms with Crippen molar-refractivity contribution in [1.29, 1.82) is 0 Å². The number of aryl methyl sites for hydroxylation is 1. The molecule has 0 atom stereocenters. The molecule has 1 amide bonds. The highest BCUT2D eigenvalue weighted by atomic mass is 35.5. The highest BCUT2D eigenvalue weighted by Crippen LogP contribution is 2.26. The Hall–Kier alpha value is -3.62. The van der Waals surface area contributed by atoms with Crippen LogP contribution in [0.1, 0.15) is 21.7 Å². The van der Waals surface area contributed by atoms with Gasteiger partial charge in [0.05, 0.1) is 38.4 Å². The molecular formula is C24H21ClN4O3S. The maximum absolute atomic E-state index is 12.8. The van der Waals surface area contributed by atoms with Crippen molar-refractivity contribution >= 4 is 38.9 Å². The quantitative estimate of drug-likeness (QED) is 0.397. The summed E-state index contributed by atoms with van der Waals surface area (Å²) in [6.45, 7) is 3.70. The minimum atomic E-state index is -3.80. The molecule has 3 aromatic carbocycles. The fourth-order valence-electron chi connectivity index (χ4n) is 3.31. The average molecular weight is 481 g/mol. The monoisotopic (exact) mass is 480 g/mol. The topological polar surface area (TPSA) is 93.1 Å².